The summed E-state index contributed by atoms with van der Waals surface area (Å²) >= 11 is 5.21. The zero-order valence-corrected chi connectivity index (χ0v) is 15.4. The van der Waals surface area contributed by atoms with Gasteiger partial charge in [0.05, 0.1) is 0 Å². The smallest absolute Gasteiger partial charge is 0.293 e. The summed E-state index contributed by atoms with van der Waals surface area (Å²) in [7, 11) is 0. The van der Waals surface area contributed by atoms with Gasteiger partial charge in [-0.25, -0.2) is 4.39 Å². The van der Waals surface area contributed by atoms with Crippen LogP contribution < -0.4 is 10.6 Å². The molecule has 4 aromatic rings. The van der Waals surface area contributed by atoms with Gasteiger partial charge in [-0.15, -0.1) is 0 Å². The van der Waals surface area contributed by atoms with Gasteiger partial charge in [0.1, 0.15) is 11.4 Å². The molecule has 0 aliphatic rings. The van der Waals surface area contributed by atoms with Gasteiger partial charge >= 0.3 is 0 Å². The van der Waals surface area contributed by atoms with Crippen LogP contribution in [0, 0.1) is 5.82 Å². The topological polar surface area (TPSA) is 54.3 Å². The summed E-state index contributed by atoms with van der Waals surface area (Å²) in [6.45, 7) is 0. The molecule has 0 atom stereocenters. The van der Waals surface area contributed by atoms with Gasteiger partial charge < -0.3 is 9.73 Å². The van der Waals surface area contributed by atoms with E-state index in [-0.39, 0.29) is 16.7 Å². The molecule has 0 spiro atoms. The van der Waals surface area contributed by atoms with E-state index < -0.39 is 5.91 Å². The lowest BCUT2D eigenvalue weighted by Gasteiger charge is -2.09. The Hall–Kier alpha value is -3.51. The Morgan fingerprint density at radius 1 is 0.893 bits per heavy atom. The van der Waals surface area contributed by atoms with Gasteiger partial charge in [-0.1, -0.05) is 42.5 Å². The van der Waals surface area contributed by atoms with Crippen molar-refractivity contribution in [2.45, 2.75) is 0 Å². The molecular formula is C22H15FN2O2S. The molecule has 0 unspecified atom stereocenters. The third-order valence-corrected chi connectivity index (χ3v) is 4.40. The summed E-state index contributed by atoms with van der Waals surface area (Å²) in [6, 6.07) is 22.8. The first-order valence-electron chi connectivity index (χ1n) is 8.55. The fraction of sp³-hybridized carbons (Fsp3) is 0. The van der Waals surface area contributed by atoms with E-state index in [2.05, 4.69) is 10.6 Å². The van der Waals surface area contributed by atoms with Gasteiger partial charge in [0.15, 0.2) is 10.9 Å². The average molecular weight is 390 g/mol. The van der Waals surface area contributed by atoms with E-state index in [1.807, 2.05) is 42.5 Å². The molecular weight excluding hydrogens is 375 g/mol. The van der Waals surface area contributed by atoms with Crippen molar-refractivity contribution in [3.63, 3.8) is 0 Å². The lowest BCUT2D eigenvalue weighted by molar-refractivity contribution is 0.0953. The number of rotatable bonds is 3. The molecule has 0 saturated carbocycles. The standard InChI is InChI=1S/C22H15FN2O2S/c23-17-9-5-14(6-10-17)15-7-11-18(12-8-15)24-22(28)25-21(26)20-13-16-3-1-2-4-19(16)27-20/h1-13H,(H2,24,25,26,28). The van der Waals surface area contributed by atoms with Crippen LogP contribution in [-0.4, -0.2) is 11.0 Å². The summed E-state index contributed by atoms with van der Waals surface area (Å²) in [6.07, 6.45) is 0. The van der Waals surface area contributed by atoms with E-state index in [4.69, 9.17) is 16.6 Å². The molecule has 2 N–H and O–H groups in total. The van der Waals surface area contributed by atoms with Crippen LogP contribution in [0.5, 0.6) is 0 Å². The zero-order valence-electron chi connectivity index (χ0n) is 14.6. The van der Waals surface area contributed by atoms with E-state index >= 15 is 0 Å². The number of amides is 1. The van der Waals surface area contributed by atoms with Crippen molar-refractivity contribution in [3.05, 3.63) is 90.4 Å². The van der Waals surface area contributed by atoms with E-state index in [0.29, 0.717) is 5.58 Å². The van der Waals surface area contributed by atoms with Crippen LogP contribution in [0.15, 0.2) is 83.3 Å². The van der Waals surface area contributed by atoms with Crippen molar-refractivity contribution < 1.29 is 13.6 Å². The highest BCUT2D eigenvalue weighted by Crippen LogP contribution is 2.22. The molecule has 1 aromatic heterocycles. The Morgan fingerprint density at radius 2 is 1.54 bits per heavy atom. The maximum absolute atomic E-state index is 13.0. The molecule has 138 valence electrons. The third kappa shape index (κ3) is 3.92. The van der Waals surface area contributed by atoms with Gasteiger partial charge in [0.25, 0.3) is 5.91 Å². The first kappa shape index (κ1) is 17.9. The highest BCUT2D eigenvalue weighted by Gasteiger charge is 2.13. The quantitative estimate of drug-likeness (QED) is 0.462. The number of fused-ring (bicyclic) bond motifs is 1. The summed E-state index contributed by atoms with van der Waals surface area (Å²) < 4.78 is 18.6. The predicted molar refractivity (Wildman–Crippen MR) is 112 cm³/mol. The van der Waals surface area contributed by atoms with Crippen molar-refractivity contribution in [2.24, 2.45) is 0 Å². The lowest BCUT2D eigenvalue weighted by Crippen LogP contribution is -2.33. The fourth-order valence-electron chi connectivity index (χ4n) is 2.81. The highest BCUT2D eigenvalue weighted by atomic mass is 32.1. The first-order valence-corrected chi connectivity index (χ1v) is 8.96. The van der Waals surface area contributed by atoms with Crippen molar-refractivity contribution in [2.75, 3.05) is 5.32 Å². The Bertz CT molecular complexity index is 1120. The maximum Gasteiger partial charge on any atom is 0.293 e. The predicted octanol–water partition coefficient (Wildman–Crippen LogP) is 5.37. The van der Waals surface area contributed by atoms with Gasteiger partial charge in [-0.3, -0.25) is 10.1 Å². The normalized spacial score (nSPS) is 10.6. The fourth-order valence-corrected chi connectivity index (χ4v) is 3.02. The second-order valence-corrected chi connectivity index (χ2v) is 6.55. The molecule has 28 heavy (non-hydrogen) atoms. The Morgan fingerprint density at radius 3 is 2.21 bits per heavy atom. The molecule has 4 nitrogen and oxygen atoms in total. The van der Waals surface area contributed by atoms with Crippen LogP contribution in [0.4, 0.5) is 10.1 Å². The molecule has 0 bridgehead atoms. The second kappa shape index (κ2) is 7.62. The minimum absolute atomic E-state index is 0.167. The summed E-state index contributed by atoms with van der Waals surface area (Å²) in [4.78, 5) is 12.3. The van der Waals surface area contributed by atoms with Crippen LogP contribution in [0.2, 0.25) is 0 Å². The minimum atomic E-state index is -0.420. The van der Waals surface area contributed by atoms with Crippen molar-refractivity contribution >= 4 is 39.9 Å². The molecule has 0 saturated heterocycles. The molecule has 1 heterocycles. The number of furan rings is 1. The summed E-state index contributed by atoms with van der Waals surface area (Å²) in [5.74, 6) is -0.499. The average Bonchev–Trinajstić information content (AvgIpc) is 3.14. The van der Waals surface area contributed by atoms with Gasteiger partial charge in [-0.2, -0.15) is 0 Å². The van der Waals surface area contributed by atoms with E-state index in [0.717, 1.165) is 22.2 Å². The van der Waals surface area contributed by atoms with Crippen molar-refractivity contribution in [1.29, 1.82) is 0 Å². The number of carbonyl (C=O) groups is 1. The zero-order chi connectivity index (χ0) is 19.5. The number of halogens is 1. The molecule has 0 radical (unpaired) electrons. The molecule has 1 amide bonds. The Labute approximate surface area is 166 Å². The lowest BCUT2D eigenvalue weighted by atomic mass is 10.1. The molecule has 4 rings (SSSR count). The van der Waals surface area contributed by atoms with Gasteiger partial charge in [-0.05, 0) is 59.7 Å². The SMILES string of the molecule is O=C(NC(=S)Nc1ccc(-c2ccc(F)cc2)cc1)c1cc2ccccc2o1. The highest BCUT2D eigenvalue weighted by molar-refractivity contribution is 7.80. The number of carbonyl (C=O) groups excluding carboxylic acids is 1. The van der Waals surface area contributed by atoms with Gasteiger partial charge in [0.2, 0.25) is 0 Å². The van der Waals surface area contributed by atoms with E-state index in [1.54, 1.807) is 24.3 Å². The van der Waals surface area contributed by atoms with Crippen LogP contribution in [0.1, 0.15) is 10.6 Å². The Balaban J connectivity index is 1.40. The third-order valence-electron chi connectivity index (χ3n) is 4.20. The summed E-state index contributed by atoms with van der Waals surface area (Å²) in [5, 5.41) is 6.58. The molecule has 3 aromatic carbocycles. The molecule has 0 fully saturated rings. The maximum atomic E-state index is 13.0. The van der Waals surface area contributed by atoms with E-state index in [1.165, 1.54) is 12.1 Å². The van der Waals surface area contributed by atoms with Crippen LogP contribution in [0.3, 0.4) is 0 Å². The number of benzene rings is 3. The van der Waals surface area contributed by atoms with E-state index in [9.17, 15) is 9.18 Å². The minimum Gasteiger partial charge on any atom is -0.451 e. The van der Waals surface area contributed by atoms with Crippen LogP contribution in [-0.2, 0) is 0 Å². The molecule has 0 aliphatic heterocycles. The second-order valence-electron chi connectivity index (χ2n) is 6.14. The molecule has 0 aliphatic carbocycles. The number of anilines is 1. The van der Waals surface area contributed by atoms with Crippen LogP contribution in [0.25, 0.3) is 22.1 Å². The molecule has 6 heteroatoms. The number of hydrogen-bond acceptors (Lipinski definition) is 3. The summed E-state index contributed by atoms with van der Waals surface area (Å²) in [5.41, 5.74) is 3.22. The van der Waals surface area contributed by atoms with Crippen molar-refractivity contribution in [1.82, 2.24) is 5.32 Å². The monoisotopic (exact) mass is 390 g/mol. The number of nitrogens with one attached hydrogen (secondary N) is 2. The number of para-hydroxylation sites is 1. The number of hydrogen-bond donors (Lipinski definition) is 2. The van der Waals surface area contributed by atoms with Crippen molar-refractivity contribution in [3.8, 4) is 11.1 Å². The van der Waals surface area contributed by atoms with Gasteiger partial charge in [0, 0.05) is 11.1 Å². The Kier molecular flexibility index (Phi) is 4.87. The largest absolute Gasteiger partial charge is 0.451 e. The first-order chi connectivity index (χ1) is 13.6. The van der Waals surface area contributed by atoms with Crippen LogP contribution >= 0.6 is 12.2 Å². The number of thiocarbonyl (C=S) groups is 1.